The largest absolute Gasteiger partial charge is 0.493 e. The Balaban J connectivity index is 1.80. The molecule has 1 fully saturated rings. The first-order valence-corrected chi connectivity index (χ1v) is 5.96. The average Bonchev–Trinajstić information content (AvgIpc) is 2.96. The minimum Gasteiger partial charge on any atom is -0.493 e. The Morgan fingerprint density at radius 3 is 3.28 bits per heavy atom. The van der Waals surface area contributed by atoms with Crippen molar-refractivity contribution in [1.29, 1.82) is 5.26 Å². The lowest BCUT2D eigenvalue weighted by atomic mass is 10.0. The summed E-state index contributed by atoms with van der Waals surface area (Å²) in [5.74, 6) is 0.942. The number of urea groups is 1. The predicted molar refractivity (Wildman–Crippen MR) is 64.1 cm³/mol. The van der Waals surface area contributed by atoms with Crippen LogP contribution in [0.1, 0.15) is 17.2 Å². The quantitative estimate of drug-likeness (QED) is 0.794. The van der Waals surface area contributed by atoms with E-state index in [0.717, 1.165) is 24.3 Å². The van der Waals surface area contributed by atoms with Crippen molar-refractivity contribution in [3.05, 3.63) is 29.3 Å². The average molecular weight is 243 g/mol. The highest BCUT2D eigenvalue weighted by Gasteiger charge is 2.30. The maximum absolute atomic E-state index is 11.6. The van der Waals surface area contributed by atoms with Crippen molar-refractivity contribution >= 4 is 6.03 Å². The maximum atomic E-state index is 11.6. The summed E-state index contributed by atoms with van der Waals surface area (Å²) in [6.45, 7) is 1.42. The molecule has 1 N–H and O–H groups in total. The van der Waals surface area contributed by atoms with E-state index in [1.807, 2.05) is 18.2 Å². The van der Waals surface area contributed by atoms with E-state index in [0.29, 0.717) is 6.54 Å². The summed E-state index contributed by atoms with van der Waals surface area (Å²) in [5, 5.41) is 11.5. The first kappa shape index (κ1) is 10.9. The molecule has 5 heteroatoms. The van der Waals surface area contributed by atoms with Gasteiger partial charge in [-0.05, 0) is 23.3 Å². The van der Waals surface area contributed by atoms with Crippen LogP contribution in [0, 0.1) is 11.3 Å². The van der Waals surface area contributed by atoms with Gasteiger partial charge in [-0.25, -0.2) is 4.79 Å². The van der Waals surface area contributed by atoms with Crippen molar-refractivity contribution in [1.82, 2.24) is 10.2 Å². The molecule has 1 unspecified atom stereocenters. The minimum atomic E-state index is -0.168. The molecule has 18 heavy (non-hydrogen) atoms. The van der Waals surface area contributed by atoms with Crippen molar-refractivity contribution in [3.8, 4) is 11.8 Å². The van der Waals surface area contributed by atoms with Gasteiger partial charge in [-0.3, -0.25) is 0 Å². The number of hydrogen-bond donors (Lipinski definition) is 1. The standard InChI is InChI=1S/C13H13N3O2/c14-4-5-16-8-11(15-13(16)17)9-1-2-12-10(7-9)3-6-18-12/h1-2,7,11H,3,5-6,8H2,(H,15,17). The molecule has 5 nitrogen and oxygen atoms in total. The lowest BCUT2D eigenvalue weighted by molar-refractivity contribution is 0.222. The zero-order valence-electron chi connectivity index (χ0n) is 9.85. The Labute approximate surface area is 105 Å². The summed E-state index contributed by atoms with van der Waals surface area (Å²) in [4.78, 5) is 13.1. The molecule has 2 aliphatic heterocycles. The second-order valence-corrected chi connectivity index (χ2v) is 4.51. The summed E-state index contributed by atoms with van der Waals surface area (Å²) in [5.41, 5.74) is 2.27. The minimum absolute atomic E-state index is 0.0308. The molecule has 0 aromatic heterocycles. The molecular formula is C13H13N3O2. The second-order valence-electron chi connectivity index (χ2n) is 4.51. The molecular weight excluding hydrogens is 230 g/mol. The number of carbonyl (C=O) groups is 1. The first-order chi connectivity index (χ1) is 8.78. The monoisotopic (exact) mass is 243 g/mol. The molecule has 0 radical (unpaired) electrons. The van der Waals surface area contributed by atoms with Gasteiger partial charge in [0.05, 0.1) is 18.7 Å². The zero-order valence-corrected chi connectivity index (χ0v) is 9.85. The zero-order chi connectivity index (χ0) is 12.5. The van der Waals surface area contributed by atoms with E-state index >= 15 is 0 Å². The summed E-state index contributed by atoms with van der Waals surface area (Å²) in [6, 6.07) is 7.82. The van der Waals surface area contributed by atoms with Gasteiger partial charge in [0.25, 0.3) is 0 Å². The van der Waals surface area contributed by atoms with Crippen LogP contribution in [0.25, 0.3) is 0 Å². The molecule has 2 heterocycles. The molecule has 0 aliphatic carbocycles. The van der Waals surface area contributed by atoms with E-state index in [2.05, 4.69) is 11.4 Å². The van der Waals surface area contributed by atoms with E-state index < -0.39 is 0 Å². The van der Waals surface area contributed by atoms with Crippen molar-refractivity contribution in [3.63, 3.8) is 0 Å². The van der Waals surface area contributed by atoms with Gasteiger partial charge in [0.1, 0.15) is 12.3 Å². The van der Waals surface area contributed by atoms with Crippen LogP contribution >= 0.6 is 0 Å². The number of amides is 2. The van der Waals surface area contributed by atoms with Crippen molar-refractivity contribution in [2.75, 3.05) is 19.7 Å². The summed E-state index contributed by atoms with van der Waals surface area (Å²) >= 11 is 0. The fraction of sp³-hybridized carbons (Fsp3) is 0.385. The van der Waals surface area contributed by atoms with Crippen molar-refractivity contribution < 1.29 is 9.53 Å². The SMILES string of the molecule is N#CCN1CC(c2ccc3c(c2)CCO3)NC1=O. The van der Waals surface area contributed by atoms with Crippen LogP contribution in [0.4, 0.5) is 4.79 Å². The Morgan fingerprint density at radius 1 is 1.56 bits per heavy atom. The fourth-order valence-corrected chi connectivity index (χ4v) is 2.42. The number of nitrogens with one attached hydrogen (secondary N) is 1. The lowest BCUT2D eigenvalue weighted by Gasteiger charge is -2.11. The van der Waals surface area contributed by atoms with Gasteiger partial charge in [-0.1, -0.05) is 6.07 Å². The second kappa shape index (κ2) is 4.22. The molecule has 1 aromatic carbocycles. The summed E-state index contributed by atoms with van der Waals surface area (Å²) in [6.07, 6.45) is 0.922. The summed E-state index contributed by atoms with van der Waals surface area (Å²) < 4.78 is 5.46. The van der Waals surface area contributed by atoms with Gasteiger partial charge in [0.2, 0.25) is 0 Å². The molecule has 0 spiro atoms. The normalized spacial score (nSPS) is 21.2. The number of benzene rings is 1. The summed E-state index contributed by atoms with van der Waals surface area (Å²) in [7, 11) is 0. The highest BCUT2D eigenvalue weighted by atomic mass is 16.5. The molecule has 3 rings (SSSR count). The third kappa shape index (κ3) is 1.76. The topological polar surface area (TPSA) is 65.4 Å². The number of ether oxygens (including phenoxy) is 1. The lowest BCUT2D eigenvalue weighted by Crippen LogP contribution is -2.28. The molecule has 2 amide bonds. The molecule has 1 atom stereocenters. The van der Waals surface area contributed by atoms with Crippen LogP contribution in [-0.2, 0) is 6.42 Å². The van der Waals surface area contributed by atoms with Crippen LogP contribution in [0.3, 0.4) is 0 Å². The molecule has 0 bridgehead atoms. The number of nitrogens with zero attached hydrogens (tertiary/aromatic N) is 2. The third-order valence-electron chi connectivity index (χ3n) is 3.37. The van der Waals surface area contributed by atoms with Crippen molar-refractivity contribution in [2.45, 2.75) is 12.5 Å². The molecule has 1 saturated heterocycles. The van der Waals surface area contributed by atoms with E-state index in [1.54, 1.807) is 0 Å². The Morgan fingerprint density at radius 2 is 2.44 bits per heavy atom. The highest BCUT2D eigenvalue weighted by molar-refractivity contribution is 5.77. The number of carbonyl (C=O) groups excluding carboxylic acids is 1. The fourth-order valence-electron chi connectivity index (χ4n) is 2.42. The van der Waals surface area contributed by atoms with Crippen LogP contribution in [-0.4, -0.2) is 30.6 Å². The number of rotatable bonds is 2. The van der Waals surface area contributed by atoms with Gasteiger partial charge in [-0.2, -0.15) is 5.26 Å². The maximum Gasteiger partial charge on any atom is 0.318 e. The van der Waals surface area contributed by atoms with Gasteiger partial charge in [0.15, 0.2) is 0 Å². The van der Waals surface area contributed by atoms with Gasteiger partial charge in [0, 0.05) is 13.0 Å². The van der Waals surface area contributed by atoms with Crippen molar-refractivity contribution in [2.24, 2.45) is 0 Å². The van der Waals surface area contributed by atoms with E-state index in [1.165, 1.54) is 10.5 Å². The molecule has 0 saturated carbocycles. The van der Waals surface area contributed by atoms with E-state index in [-0.39, 0.29) is 18.6 Å². The third-order valence-corrected chi connectivity index (χ3v) is 3.37. The Bertz CT molecular complexity index is 536. The Kier molecular flexibility index (Phi) is 2.56. The van der Waals surface area contributed by atoms with Crippen LogP contribution in [0.15, 0.2) is 18.2 Å². The first-order valence-electron chi connectivity index (χ1n) is 5.96. The van der Waals surface area contributed by atoms with Crippen LogP contribution in [0.5, 0.6) is 5.75 Å². The van der Waals surface area contributed by atoms with E-state index in [9.17, 15) is 4.79 Å². The predicted octanol–water partition coefficient (Wildman–Crippen LogP) is 1.21. The smallest absolute Gasteiger partial charge is 0.318 e. The number of nitriles is 1. The molecule has 92 valence electrons. The van der Waals surface area contributed by atoms with Gasteiger partial charge >= 0.3 is 6.03 Å². The Hall–Kier alpha value is -2.22. The van der Waals surface area contributed by atoms with Crippen LogP contribution < -0.4 is 10.1 Å². The number of hydrogen-bond acceptors (Lipinski definition) is 3. The van der Waals surface area contributed by atoms with Crippen LogP contribution in [0.2, 0.25) is 0 Å². The highest BCUT2D eigenvalue weighted by Crippen LogP contribution is 2.29. The molecule has 2 aliphatic rings. The van der Waals surface area contributed by atoms with Gasteiger partial charge < -0.3 is 15.0 Å². The van der Waals surface area contributed by atoms with E-state index in [4.69, 9.17) is 10.00 Å². The number of fused-ring (bicyclic) bond motifs is 1. The molecule has 1 aromatic rings. The van der Waals surface area contributed by atoms with Gasteiger partial charge in [-0.15, -0.1) is 0 Å².